The summed E-state index contributed by atoms with van der Waals surface area (Å²) in [6, 6.07) is 0. The number of hydrogen-bond acceptors (Lipinski definition) is 3. The highest BCUT2D eigenvalue weighted by Gasteiger charge is 2.36. The minimum atomic E-state index is -3.45. The highest BCUT2D eigenvalue weighted by Crippen LogP contribution is 2.39. The Morgan fingerprint density at radius 3 is 2.20 bits per heavy atom. The van der Waals surface area contributed by atoms with E-state index in [9.17, 15) is 8.42 Å². The van der Waals surface area contributed by atoms with Crippen molar-refractivity contribution in [2.45, 2.75) is 64.2 Å². The maximum absolute atomic E-state index is 11.5. The van der Waals surface area contributed by atoms with Gasteiger partial charge in [0.1, 0.15) is 0 Å². The maximum Gasteiger partial charge on any atom is 0.233 e. The van der Waals surface area contributed by atoms with E-state index >= 15 is 0 Å². The quantitative estimate of drug-likeness (QED) is 0.691. The summed E-state index contributed by atoms with van der Waals surface area (Å²) in [5, 5.41) is 0. The molecule has 0 saturated heterocycles. The van der Waals surface area contributed by atoms with E-state index in [-0.39, 0.29) is 11.2 Å². The largest absolute Gasteiger partial charge is 0.381 e. The minimum absolute atomic E-state index is 0.0756. The molecule has 0 heterocycles. The van der Waals surface area contributed by atoms with Crippen LogP contribution in [0.4, 0.5) is 0 Å². The molecule has 0 aromatic heterocycles. The second kappa shape index (κ2) is 7.46. The summed E-state index contributed by atoms with van der Waals surface area (Å²) >= 11 is 0. The fourth-order valence-electron chi connectivity index (χ4n) is 3.79. The SMILES string of the molecule is O=S(=O)(Cl)CC1(COCC2CCCCC2)CCCCC1. The van der Waals surface area contributed by atoms with E-state index in [2.05, 4.69) is 0 Å². The molecule has 2 aliphatic carbocycles. The molecule has 0 bridgehead atoms. The topological polar surface area (TPSA) is 43.4 Å². The molecule has 2 aliphatic rings. The van der Waals surface area contributed by atoms with Crippen LogP contribution in [0.3, 0.4) is 0 Å². The lowest BCUT2D eigenvalue weighted by Crippen LogP contribution is -2.36. The van der Waals surface area contributed by atoms with Gasteiger partial charge in [0.2, 0.25) is 9.05 Å². The summed E-state index contributed by atoms with van der Waals surface area (Å²) in [6.07, 6.45) is 11.8. The van der Waals surface area contributed by atoms with Crippen molar-refractivity contribution >= 4 is 19.7 Å². The highest BCUT2D eigenvalue weighted by molar-refractivity contribution is 8.13. The molecule has 2 fully saturated rings. The second-order valence-electron chi connectivity index (χ2n) is 6.76. The Morgan fingerprint density at radius 1 is 1.00 bits per heavy atom. The minimum Gasteiger partial charge on any atom is -0.381 e. The van der Waals surface area contributed by atoms with Crippen LogP contribution in [-0.4, -0.2) is 27.4 Å². The number of hydrogen-bond donors (Lipinski definition) is 0. The predicted molar refractivity (Wildman–Crippen MR) is 82.6 cm³/mol. The third-order valence-corrected chi connectivity index (χ3v) is 6.16. The van der Waals surface area contributed by atoms with Gasteiger partial charge in [0.15, 0.2) is 0 Å². The average Bonchev–Trinajstić information content (AvgIpc) is 2.39. The van der Waals surface area contributed by atoms with Crippen molar-refractivity contribution in [1.82, 2.24) is 0 Å². The Kier molecular flexibility index (Phi) is 6.18. The number of ether oxygens (including phenoxy) is 1. The van der Waals surface area contributed by atoms with E-state index in [4.69, 9.17) is 15.4 Å². The fourth-order valence-corrected chi connectivity index (χ4v) is 5.59. The third-order valence-electron chi connectivity index (χ3n) is 4.88. The molecular weight excluding hydrogens is 296 g/mol. The van der Waals surface area contributed by atoms with Gasteiger partial charge < -0.3 is 4.74 Å². The molecule has 3 nitrogen and oxygen atoms in total. The summed E-state index contributed by atoms with van der Waals surface area (Å²) in [7, 11) is 2.06. The first-order valence-electron chi connectivity index (χ1n) is 7.99. The highest BCUT2D eigenvalue weighted by atomic mass is 35.7. The van der Waals surface area contributed by atoms with Gasteiger partial charge in [-0.25, -0.2) is 8.42 Å². The molecule has 2 rings (SSSR count). The summed E-state index contributed by atoms with van der Waals surface area (Å²) in [5.41, 5.74) is -0.229. The van der Waals surface area contributed by atoms with Crippen molar-refractivity contribution < 1.29 is 13.2 Å². The monoisotopic (exact) mass is 322 g/mol. The zero-order valence-corrected chi connectivity index (χ0v) is 13.9. The van der Waals surface area contributed by atoms with Crippen molar-refractivity contribution in [3.63, 3.8) is 0 Å². The number of rotatable bonds is 6. The Morgan fingerprint density at radius 2 is 1.60 bits per heavy atom. The third kappa shape index (κ3) is 5.53. The van der Waals surface area contributed by atoms with Crippen LogP contribution in [0.1, 0.15) is 64.2 Å². The standard InChI is InChI=1S/C15H27ClO3S/c16-20(17,18)13-15(9-5-2-6-10-15)12-19-11-14-7-3-1-4-8-14/h14H,1-13H2. The van der Waals surface area contributed by atoms with Crippen LogP contribution in [0.15, 0.2) is 0 Å². The van der Waals surface area contributed by atoms with Gasteiger partial charge in [-0.2, -0.15) is 0 Å². The Balaban J connectivity index is 1.83. The second-order valence-corrected chi connectivity index (χ2v) is 9.54. The van der Waals surface area contributed by atoms with Crippen LogP contribution < -0.4 is 0 Å². The van der Waals surface area contributed by atoms with E-state index < -0.39 is 9.05 Å². The normalized spacial score (nSPS) is 24.6. The van der Waals surface area contributed by atoms with E-state index in [1.807, 2.05) is 0 Å². The van der Waals surface area contributed by atoms with Crippen molar-refractivity contribution in [2.24, 2.45) is 11.3 Å². The van der Waals surface area contributed by atoms with Crippen LogP contribution in [-0.2, 0) is 13.8 Å². The lowest BCUT2D eigenvalue weighted by atomic mass is 9.76. The lowest BCUT2D eigenvalue weighted by Gasteiger charge is -2.36. The van der Waals surface area contributed by atoms with Crippen LogP contribution in [0.25, 0.3) is 0 Å². The average molecular weight is 323 g/mol. The first kappa shape index (κ1) is 16.6. The van der Waals surface area contributed by atoms with Gasteiger partial charge in [0.05, 0.1) is 12.4 Å². The molecule has 0 amide bonds. The summed E-state index contributed by atoms with van der Waals surface area (Å²) in [4.78, 5) is 0. The molecule has 0 unspecified atom stereocenters. The van der Waals surface area contributed by atoms with Crippen molar-refractivity contribution in [2.75, 3.05) is 19.0 Å². The van der Waals surface area contributed by atoms with Gasteiger partial charge in [0, 0.05) is 22.7 Å². The van der Waals surface area contributed by atoms with E-state index in [0.717, 1.165) is 32.3 Å². The molecule has 118 valence electrons. The van der Waals surface area contributed by atoms with Gasteiger partial charge in [-0.1, -0.05) is 38.5 Å². The van der Waals surface area contributed by atoms with E-state index in [1.165, 1.54) is 38.5 Å². The Labute approximate surface area is 127 Å². The molecule has 0 atom stereocenters. The molecule has 2 saturated carbocycles. The first-order chi connectivity index (χ1) is 9.49. The summed E-state index contributed by atoms with van der Waals surface area (Å²) in [5.74, 6) is 0.753. The van der Waals surface area contributed by atoms with Gasteiger partial charge in [-0.3, -0.25) is 0 Å². The van der Waals surface area contributed by atoms with Crippen molar-refractivity contribution in [1.29, 1.82) is 0 Å². The van der Waals surface area contributed by atoms with Crippen LogP contribution in [0.5, 0.6) is 0 Å². The number of halogens is 1. The molecule has 20 heavy (non-hydrogen) atoms. The van der Waals surface area contributed by atoms with Crippen LogP contribution in [0.2, 0.25) is 0 Å². The van der Waals surface area contributed by atoms with Crippen molar-refractivity contribution in [3.8, 4) is 0 Å². The molecule has 0 N–H and O–H groups in total. The Hall–Kier alpha value is 0.200. The van der Waals surface area contributed by atoms with Gasteiger partial charge >= 0.3 is 0 Å². The van der Waals surface area contributed by atoms with Crippen LogP contribution in [0, 0.1) is 11.3 Å². The molecule has 0 radical (unpaired) electrons. The first-order valence-corrected chi connectivity index (χ1v) is 10.5. The summed E-state index contributed by atoms with van der Waals surface area (Å²) < 4.78 is 28.9. The molecule has 0 aromatic carbocycles. The molecule has 0 aromatic rings. The molecule has 0 aliphatic heterocycles. The van der Waals surface area contributed by atoms with Gasteiger partial charge in [-0.05, 0) is 31.6 Å². The maximum atomic E-state index is 11.5. The van der Waals surface area contributed by atoms with E-state index in [0.29, 0.717) is 12.5 Å². The van der Waals surface area contributed by atoms with Crippen molar-refractivity contribution in [3.05, 3.63) is 0 Å². The van der Waals surface area contributed by atoms with Crippen LogP contribution >= 0.6 is 10.7 Å². The summed E-state index contributed by atoms with van der Waals surface area (Å²) in [6.45, 7) is 1.36. The fraction of sp³-hybridized carbons (Fsp3) is 1.00. The lowest BCUT2D eigenvalue weighted by molar-refractivity contribution is 0.0105. The van der Waals surface area contributed by atoms with E-state index in [1.54, 1.807) is 0 Å². The van der Waals surface area contributed by atoms with Gasteiger partial charge in [0.25, 0.3) is 0 Å². The molecule has 0 spiro atoms. The molecule has 5 heteroatoms. The zero-order chi connectivity index (χ0) is 14.5. The smallest absolute Gasteiger partial charge is 0.233 e. The Bertz CT molecular complexity index is 382. The van der Waals surface area contributed by atoms with Gasteiger partial charge in [-0.15, -0.1) is 0 Å². The molecular formula is C15H27ClO3S. The zero-order valence-electron chi connectivity index (χ0n) is 12.3. The predicted octanol–water partition coefficient (Wildman–Crippen LogP) is 4.10.